The fourth-order valence-corrected chi connectivity index (χ4v) is 2.79. The van der Waals surface area contributed by atoms with Crippen LogP contribution in [0.5, 0.6) is 0 Å². The van der Waals surface area contributed by atoms with Crippen LogP contribution in [0.2, 0.25) is 0 Å². The van der Waals surface area contributed by atoms with E-state index in [9.17, 15) is 9.50 Å². The second-order valence-electron chi connectivity index (χ2n) is 6.00. The number of aliphatic hydroxyl groups excluding tert-OH is 1. The van der Waals surface area contributed by atoms with Gasteiger partial charge in [-0.1, -0.05) is 35.5 Å². The van der Waals surface area contributed by atoms with E-state index in [1.807, 2.05) is 43.1 Å². The zero-order valence-corrected chi connectivity index (χ0v) is 14.2. The average molecular weight is 341 g/mol. The van der Waals surface area contributed by atoms with Crippen molar-refractivity contribution in [3.8, 4) is 11.5 Å². The molecular weight excluding hydrogens is 321 g/mol. The molecule has 0 aliphatic heterocycles. The lowest BCUT2D eigenvalue weighted by atomic mass is 10.1. The van der Waals surface area contributed by atoms with E-state index in [1.165, 1.54) is 12.1 Å². The van der Waals surface area contributed by atoms with Crippen LogP contribution in [0.3, 0.4) is 0 Å². The topological polar surface area (TPSA) is 62.4 Å². The summed E-state index contributed by atoms with van der Waals surface area (Å²) in [6, 6.07) is 13.7. The van der Waals surface area contributed by atoms with Crippen LogP contribution in [0.15, 0.2) is 53.1 Å². The number of aromatic nitrogens is 2. The van der Waals surface area contributed by atoms with Gasteiger partial charge in [0.05, 0.1) is 19.2 Å². The molecule has 0 radical (unpaired) electrons. The minimum atomic E-state index is -0.351. The van der Waals surface area contributed by atoms with E-state index in [4.69, 9.17) is 4.52 Å². The van der Waals surface area contributed by atoms with Crippen molar-refractivity contribution in [2.45, 2.75) is 19.5 Å². The Morgan fingerprint density at radius 1 is 1.20 bits per heavy atom. The van der Waals surface area contributed by atoms with Gasteiger partial charge in [-0.25, -0.2) is 4.39 Å². The molecule has 0 fully saturated rings. The summed E-state index contributed by atoms with van der Waals surface area (Å²) in [6.45, 7) is 2.22. The number of hydrogen-bond donors (Lipinski definition) is 1. The van der Waals surface area contributed by atoms with Crippen molar-refractivity contribution < 1.29 is 14.0 Å². The van der Waals surface area contributed by atoms with Gasteiger partial charge >= 0.3 is 0 Å². The van der Waals surface area contributed by atoms with Crippen molar-refractivity contribution in [1.29, 1.82) is 0 Å². The number of hydrogen-bond acceptors (Lipinski definition) is 5. The molecule has 6 heteroatoms. The summed E-state index contributed by atoms with van der Waals surface area (Å²) in [4.78, 5) is 6.30. The van der Waals surface area contributed by atoms with Gasteiger partial charge in [0.1, 0.15) is 5.82 Å². The second-order valence-corrected chi connectivity index (χ2v) is 6.00. The molecule has 0 bridgehead atoms. The Morgan fingerprint density at radius 3 is 2.72 bits per heavy atom. The molecule has 0 amide bonds. The Labute approximate surface area is 145 Å². The summed E-state index contributed by atoms with van der Waals surface area (Å²) >= 11 is 0. The first-order valence-corrected chi connectivity index (χ1v) is 8.03. The lowest BCUT2D eigenvalue weighted by Gasteiger charge is -2.25. The lowest BCUT2D eigenvalue weighted by Crippen LogP contribution is -2.27. The van der Waals surface area contributed by atoms with E-state index in [0.717, 1.165) is 11.1 Å². The van der Waals surface area contributed by atoms with E-state index in [-0.39, 0.29) is 18.5 Å². The van der Waals surface area contributed by atoms with Gasteiger partial charge in [-0.2, -0.15) is 4.98 Å². The largest absolute Gasteiger partial charge is 0.394 e. The van der Waals surface area contributed by atoms with Crippen LogP contribution < -0.4 is 0 Å². The maximum absolute atomic E-state index is 13.4. The Balaban J connectivity index is 1.77. The minimum absolute atomic E-state index is 0.136. The number of likely N-dealkylation sites (N-methyl/N-ethyl adjacent to an activating group) is 1. The lowest BCUT2D eigenvalue weighted by molar-refractivity contribution is 0.139. The zero-order chi connectivity index (χ0) is 17.8. The fourth-order valence-electron chi connectivity index (χ4n) is 2.79. The monoisotopic (exact) mass is 341 g/mol. The number of halogens is 1. The zero-order valence-electron chi connectivity index (χ0n) is 14.2. The van der Waals surface area contributed by atoms with Crippen molar-refractivity contribution in [2.24, 2.45) is 0 Å². The van der Waals surface area contributed by atoms with Gasteiger partial charge in [-0.05, 0) is 43.3 Å². The van der Waals surface area contributed by atoms with Crippen LogP contribution in [-0.2, 0) is 6.54 Å². The number of nitrogens with zero attached hydrogens (tertiary/aromatic N) is 3. The number of aliphatic hydroxyl groups is 1. The molecule has 0 spiro atoms. The summed E-state index contributed by atoms with van der Waals surface area (Å²) in [5, 5.41) is 13.7. The van der Waals surface area contributed by atoms with E-state index in [2.05, 4.69) is 10.1 Å². The summed E-state index contributed by atoms with van der Waals surface area (Å²) in [6.07, 6.45) is 0. The molecule has 2 aromatic carbocycles. The first-order valence-electron chi connectivity index (χ1n) is 8.03. The maximum Gasteiger partial charge on any atom is 0.258 e. The number of benzene rings is 2. The highest BCUT2D eigenvalue weighted by Crippen LogP contribution is 2.24. The predicted molar refractivity (Wildman–Crippen MR) is 92.2 cm³/mol. The molecule has 1 atom stereocenters. The molecule has 1 heterocycles. The average Bonchev–Trinajstić information content (AvgIpc) is 3.04. The normalized spacial score (nSPS) is 12.5. The highest BCUT2D eigenvalue weighted by atomic mass is 19.1. The summed E-state index contributed by atoms with van der Waals surface area (Å²) in [7, 11) is 1.83. The molecule has 3 aromatic rings. The van der Waals surface area contributed by atoms with Crippen LogP contribution in [0.1, 0.15) is 23.0 Å². The van der Waals surface area contributed by atoms with Gasteiger partial charge in [0.15, 0.2) is 5.82 Å². The Kier molecular flexibility index (Phi) is 5.21. The third kappa shape index (κ3) is 3.92. The molecule has 1 unspecified atom stereocenters. The SMILES string of the molecule is Cc1ccccc1-c1nc(CN(C)C(CO)c2cccc(F)c2)no1. The highest BCUT2D eigenvalue weighted by molar-refractivity contribution is 5.57. The van der Waals surface area contributed by atoms with Crippen LogP contribution in [0.4, 0.5) is 4.39 Å². The van der Waals surface area contributed by atoms with Crippen molar-refractivity contribution in [1.82, 2.24) is 15.0 Å². The maximum atomic E-state index is 13.4. The molecule has 5 nitrogen and oxygen atoms in total. The van der Waals surface area contributed by atoms with Crippen molar-refractivity contribution in [2.75, 3.05) is 13.7 Å². The van der Waals surface area contributed by atoms with E-state index in [0.29, 0.717) is 23.8 Å². The van der Waals surface area contributed by atoms with Gasteiger partial charge in [-0.15, -0.1) is 0 Å². The molecule has 3 rings (SSSR count). The Bertz CT molecular complexity index is 850. The van der Waals surface area contributed by atoms with Gasteiger partial charge in [0, 0.05) is 5.56 Å². The summed E-state index contributed by atoms with van der Waals surface area (Å²) < 4.78 is 18.8. The van der Waals surface area contributed by atoms with E-state index >= 15 is 0 Å². The Morgan fingerprint density at radius 2 is 2.00 bits per heavy atom. The third-order valence-electron chi connectivity index (χ3n) is 4.17. The van der Waals surface area contributed by atoms with Crippen LogP contribution in [0.25, 0.3) is 11.5 Å². The predicted octanol–water partition coefficient (Wildman–Crippen LogP) is 3.35. The van der Waals surface area contributed by atoms with Crippen molar-refractivity contribution in [3.05, 3.63) is 71.3 Å². The second kappa shape index (κ2) is 7.55. The molecule has 1 aromatic heterocycles. The Hall–Kier alpha value is -2.57. The highest BCUT2D eigenvalue weighted by Gasteiger charge is 2.19. The third-order valence-corrected chi connectivity index (χ3v) is 4.17. The van der Waals surface area contributed by atoms with Gasteiger partial charge in [-0.3, -0.25) is 4.90 Å². The fraction of sp³-hybridized carbons (Fsp3) is 0.263. The first-order chi connectivity index (χ1) is 12.1. The van der Waals surface area contributed by atoms with Crippen LogP contribution in [0, 0.1) is 12.7 Å². The van der Waals surface area contributed by atoms with Gasteiger partial charge < -0.3 is 9.63 Å². The van der Waals surface area contributed by atoms with Crippen molar-refractivity contribution in [3.63, 3.8) is 0 Å². The van der Waals surface area contributed by atoms with Crippen LogP contribution in [-0.4, -0.2) is 33.8 Å². The number of rotatable bonds is 6. The molecule has 1 N–H and O–H groups in total. The minimum Gasteiger partial charge on any atom is -0.394 e. The molecule has 25 heavy (non-hydrogen) atoms. The molecule has 0 saturated carbocycles. The molecule has 0 saturated heterocycles. The standard InChI is InChI=1S/C19H20FN3O2/c1-13-6-3-4-9-16(13)19-21-18(22-25-19)11-23(2)17(12-24)14-7-5-8-15(20)10-14/h3-10,17,24H,11-12H2,1-2H3. The van der Waals surface area contributed by atoms with E-state index in [1.54, 1.807) is 12.1 Å². The number of aryl methyl sites for hydroxylation is 1. The smallest absolute Gasteiger partial charge is 0.258 e. The van der Waals surface area contributed by atoms with Crippen molar-refractivity contribution >= 4 is 0 Å². The van der Waals surface area contributed by atoms with Gasteiger partial charge in [0.25, 0.3) is 5.89 Å². The van der Waals surface area contributed by atoms with Crippen LogP contribution >= 0.6 is 0 Å². The molecular formula is C19H20FN3O2. The van der Waals surface area contributed by atoms with Gasteiger partial charge in [0.2, 0.25) is 0 Å². The molecule has 0 aliphatic rings. The summed E-state index contributed by atoms with van der Waals surface area (Å²) in [5.74, 6) is 0.647. The first kappa shape index (κ1) is 17.3. The quantitative estimate of drug-likeness (QED) is 0.745. The molecule has 0 aliphatic carbocycles. The van der Waals surface area contributed by atoms with E-state index < -0.39 is 0 Å². The molecule has 130 valence electrons. The summed E-state index contributed by atoms with van der Waals surface area (Å²) in [5.41, 5.74) is 2.65.